The standard InChI is InChI=1S/C25H32ClFO6/c1-5-20(32)33-25(19(31)12-28)13(2)10-16-14-6-7-15-21(27)17(29)8-9-22(15,3)24(14,26)18(30)11-23(16,25)4/h8-9,13-14,16,18,28,30H,5-7,10-12H2,1-4H3/t13-,14+,16+,18+,22+,23+,24+,25-/m1/s1. The summed E-state index contributed by atoms with van der Waals surface area (Å²) in [4.78, 5) is 36.4. The van der Waals surface area contributed by atoms with Crippen LogP contribution in [-0.4, -0.2) is 50.9 Å². The lowest BCUT2D eigenvalue weighted by Gasteiger charge is -2.64. The number of rotatable bonds is 4. The predicted molar refractivity (Wildman–Crippen MR) is 119 cm³/mol. The zero-order valence-corrected chi connectivity index (χ0v) is 20.2. The third-order valence-electron chi connectivity index (χ3n) is 9.39. The highest BCUT2D eigenvalue weighted by molar-refractivity contribution is 6.26. The van der Waals surface area contributed by atoms with Crippen molar-refractivity contribution in [2.45, 2.75) is 76.4 Å². The SMILES string of the molecule is CCC(=O)O[C@@]1(C(=O)CO)[C@H](C)C[C@H]2[C@@H]3CCC4=C(F)C(=O)C=C[C@]4(C)[C@@]3(Cl)[C@@H](O)C[C@@]21C. The summed E-state index contributed by atoms with van der Waals surface area (Å²) in [5, 5.41) is 21.4. The molecule has 182 valence electrons. The van der Waals surface area contributed by atoms with Gasteiger partial charge in [0, 0.05) is 23.2 Å². The van der Waals surface area contributed by atoms with E-state index >= 15 is 0 Å². The first kappa shape index (κ1) is 24.6. The second-order valence-electron chi connectivity index (χ2n) is 10.6. The molecule has 0 unspecified atom stereocenters. The molecule has 4 aliphatic carbocycles. The number of hydrogen-bond donors (Lipinski definition) is 2. The Balaban J connectivity index is 1.87. The van der Waals surface area contributed by atoms with Gasteiger partial charge in [0.15, 0.2) is 11.4 Å². The van der Waals surface area contributed by atoms with Crippen molar-refractivity contribution in [2.24, 2.45) is 28.6 Å². The number of carbonyl (C=O) groups excluding carboxylic acids is 3. The van der Waals surface area contributed by atoms with E-state index in [2.05, 4.69) is 0 Å². The monoisotopic (exact) mass is 482 g/mol. The molecule has 4 aliphatic rings. The molecule has 33 heavy (non-hydrogen) atoms. The summed E-state index contributed by atoms with van der Waals surface area (Å²) in [5.41, 5.74) is -3.32. The Labute approximate surface area is 198 Å². The first-order chi connectivity index (χ1) is 15.3. The fourth-order valence-corrected chi connectivity index (χ4v) is 8.36. The van der Waals surface area contributed by atoms with Crippen LogP contribution in [0.25, 0.3) is 0 Å². The lowest BCUT2D eigenvalue weighted by atomic mass is 9.45. The van der Waals surface area contributed by atoms with Crippen LogP contribution >= 0.6 is 11.6 Å². The number of esters is 1. The molecule has 3 fully saturated rings. The van der Waals surface area contributed by atoms with Crippen LogP contribution in [0.15, 0.2) is 23.6 Å². The highest BCUT2D eigenvalue weighted by Crippen LogP contribution is 2.72. The molecule has 6 nitrogen and oxygen atoms in total. The van der Waals surface area contributed by atoms with Crippen LogP contribution in [-0.2, 0) is 19.1 Å². The molecule has 0 spiro atoms. The van der Waals surface area contributed by atoms with Crippen molar-refractivity contribution >= 4 is 29.1 Å². The highest BCUT2D eigenvalue weighted by atomic mass is 35.5. The minimum Gasteiger partial charge on any atom is -0.450 e. The molecule has 0 aromatic heterocycles. The number of fused-ring (bicyclic) bond motifs is 5. The molecule has 0 amide bonds. The number of allylic oxidation sites excluding steroid dienone is 4. The topological polar surface area (TPSA) is 101 Å². The maximum Gasteiger partial charge on any atom is 0.306 e. The maximum atomic E-state index is 14.9. The van der Waals surface area contributed by atoms with Gasteiger partial charge in [-0.2, -0.15) is 0 Å². The van der Waals surface area contributed by atoms with Crippen molar-refractivity contribution in [2.75, 3.05) is 6.61 Å². The molecule has 0 aromatic rings. The fraction of sp³-hybridized carbons (Fsp3) is 0.720. The average Bonchev–Trinajstić information content (AvgIpc) is 2.99. The zero-order valence-electron chi connectivity index (χ0n) is 19.5. The molecule has 0 radical (unpaired) electrons. The van der Waals surface area contributed by atoms with Gasteiger partial charge in [0.05, 0.1) is 11.0 Å². The van der Waals surface area contributed by atoms with E-state index in [4.69, 9.17) is 16.3 Å². The minimum atomic E-state index is -1.58. The van der Waals surface area contributed by atoms with Crippen molar-refractivity contribution in [3.05, 3.63) is 23.6 Å². The van der Waals surface area contributed by atoms with Gasteiger partial charge in [0.2, 0.25) is 11.6 Å². The number of alkyl halides is 1. The number of hydrogen-bond acceptors (Lipinski definition) is 6. The molecule has 3 saturated carbocycles. The van der Waals surface area contributed by atoms with Crippen molar-refractivity contribution in [3.8, 4) is 0 Å². The van der Waals surface area contributed by atoms with Gasteiger partial charge in [0.25, 0.3) is 0 Å². The van der Waals surface area contributed by atoms with Gasteiger partial charge < -0.3 is 14.9 Å². The summed E-state index contributed by atoms with van der Waals surface area (Å²) in [6, 6.07) is 0. The van der Waals surface area contributed by atoms with E-state index in [1.165, 1.54) is 6.08 Å². The van der Waals surface area contributed by atoms with Gasteiger partial charge in [-0.25, -0.2) is 4.39 Å². The van der Waals surface area contributed by atoms with E-state index < -0.39 is 63.3 Å². The van der Waals surface area contributed by atoms with Crippen molar-refractivity contribution in [1.29, 1.82) is 0 Å². The first-order valence-electron chi connectivity index (χ1n) is 11.7. The quantitative estimate of drug-likeness (QED) is 0.470. The Kier molecular flexibility index (Phi) is 5.74. The lowest BCUT2D eigenvalue weighted by Crippen LogP contribution is -2.69. The van der Waals surface area contributed by atoms with Crippen molar-refractivity contribution in [1.82, 2.24) is 0 Å². The molecule has 0 aliphatic heterocycles. The second-order valence-corrected chi connectivity index (χ2v) is 11.3. The molecule has 0 saturated heterocycles. The molecule has 4 rings (SSSR count). The molecule has 2 N–H and O–H groups in total. The zero-order chi connectivity index (χ0) is 24.6. The van der Waals surface area contributed by atoms with Crippen LogP contribution in [0, 0.1) is 28.6 Å². The number of carbonyl (C=O) groups is 3. The van der Waals surface area contributed by atoms with Gasteiger partial charge in [-0.1, -0.05) is 33.8 Å². The normalized spacial score (nSPS) is 46.5. The van der Waals surface area contributed by atoms with Gasteiger partial charge in [0.1, 0.15) is 6.61 Å². The maximum absolute atomic E-state index is 14.9. The first-order valence-corrected chi connectivity index (χ1v) is 12.1. The predicted octanol–water partition coefficient (Wildman–Crippen LogP) is 3.42. The molecule has 0 bridgehead atoms. The fourth-order valence-electron chi connectivity index (χ4n) is 7.85. The minimum absolute atomic E-state index is 0.0387. The number of Topliss-reactive ketones (excluding diaryl/α,β-unsaturated/α-hetero) is 1. The molecular formula is C25H32ClFO6. The molecule has 0 aromatic carbocycles. The average molecular weight is 483 g/mol. The highest BCUT2D eigenvalue weighted by Gasteiger charge is 2.76. The van der Waals surface area contributed by atoms with Crippen LogP contribution in [0.5, 0.6) is 0 Å². The number of ketones is 2. The van der Waals surface area contributed by atoms with E-state index in [0.717, 1.165) is 0 Å². The van der Waals surface area contributed by atoms with E-state index in [-0.39, 0.29) is 24.7 Å². The van der Waals surface area contributed by atoms with E-state index in [0.29, 0.717) is 24.8 Å². The van der Waals surface area contributed by atoms with Crippen LogP contribution in [0.3, 0.4) is 0 Å². The van der Waals surface area contributed by atoms with Gasteiger partial charge >= 0.3 is 5.97 Å². The lowest BCUT2D eigenvalue weighted by molar-refractivity contribution is -0.202. The number of aliphatic hydroxyl groups is 2. The Morgan fingerprint density at radius 2 is 1.97 bits per heavy atom. The largest absolute Gasteiger partial charge is 0.450 e. The van der Waals surface area contributed by atoms with Crippen LogP contribution in [0.4, 0.5) is 4.39 Å². The summed E-state index contributed by atoms with van der Waals surface area (Å²) in [6.45, 7) is 6.29. The Hall–Kier alpha value is -1.57. The van der Waals surface area contributed by atoms with Gasteiger partial charge in [-0.15, -0.1) is 11.6 Å². The van der Waals surface area contributed by atoms with Crippen LogP contribution in [0.2, 0.25) is 0 Å². The summed E-state index contributed by atoms with van der Waals surface area (Å²) >= 11 is 7.32. The number of aliphatic hydroxyl groups excluding tert-OH is 2. The third-order valence-corrected chi connectivity index (χ3v) is 10.3. The Morgan fingerprint density at radius 3 is 2.58 bits per heavy atom. The van der Waals surface area contributed by atoms with Crippen molar-refractivity contribution in [3.63, 3.8) is 0 Å². The Morgan fingerprint density at radius 1 is 1.30 bits per heavy atom. The molecule has 8 heteroatoms. The summed E-state index contributed by atoms with van der Waals surface area (Å²) < 4.78 is 20.8. The third kappa shape index (κ3) is 2.82. The summed E-state index contributed by atoms with van der Waals surface area (Å²) in [7, 11) is 0. The van der Waals surface area contributed by atoms with E-state index in [9.17, 15) is 29.0 Å². The van der Waals surface area contributed by atoms with Crippen LogP contribution in [0.1, 0.15) is 59.8 Å². The van der Waals surface area contributed by atoms with Crippen LogP contribution < -0.4 is 0 Å². The van der Waals surface area contributed by atoms with Gasteiger partial charge in [-0.3, -0.25) is 14.4 Å². The second kappa shape index (κ2) is 7.72. The van der Waals surface area contributed by atoms with Gasteiger partial charge in [-0.05, 0) is 49.2 Å². The summed E-state index contributed by atoms with van der Waals surface area (Å²) in [6.07, 6.45) is 2.98. The smallest absolute Gasteiger partial charge is 0.306 e. The number of ether oxygens (including phenoxy) is 1. The van der Waals surface area contributed by atoms with E-state index in [1.54, 1.807) is 19.9 Å². The number of halogens is 2. The molecular weight excluding hydrogens is 451 g/mol. The molecule has 8 atom stereocenters. The van der Waals surface area contributed by atoms with E-state index in [1.807, 2.05) is 13.8 Å². The summed E-state index contributed by atoms with van der Waals surface area (Å²) in [5.74, 6) is -3.57. The van der Waals surface area contributed by atoms with Crippen molar-refractivity contribution < 1.29 is 33.7 Å². The molecule has 0 heterocycles. The Bertz CT molecular complexity index is 976.